The zero-order chi connectivity index (χ0) is 19.6. The molecule has 0 heterocycles. The number of nitrogens with zero attached hydrogens (tertiary/aromatic N) is 2. The van der Waals surface area contributed by atoms with Gasteiger partial charge in [-0.3, -0.25) is 9.59 Å². The highest BCUT2D eigenvalue weighted by Gasteiger charge is 2.07. The van der Waals surface area contributed by atoms with E-state index in [-0.39, 0.29) is 12.5 Å². The molecule has 2 N–H and O–H groups in total. The Hall–Kier alpha value is -3.86. The number of ether oxygens (including phenoxy) is 2. The van der Waals surface area contributed by atoms with E-state index in [4.69, 9.17) is 14.7 Å². The maximum absolute atomic E-state index is 12.2. The summed E-state index contributed by atoms with van der Waals surface area (Å²) in [4.78, 5) is 23.2. The number of hydrogen-bond donors (Lipinski definition) is 2. The van der Waals surface area contributed by atoms with Crippen LogP contribution >= 0.6 is 0 Å². The summed E-state index contributed by atoms with van der Waals surface area (Å²) in [5.41, 5.74) is 3.97. The van der Waals surface area contributed by atoms with Gasteiger partial charge in [-0.05, 0) is 42.0 Å². The zero-order valence-corrected chi connectivity index (χ0v) is 14.9. The molecule has 8 nitrogen and oxygen atoms in total. The Morgan fingerprint density at radius 3 is 2.74 bits per heavy atom. The number of amides is 2. The number of hydrogen-bond acceptors (Lipinski definition) is 6. The molecule has 0 bridgehead atoms. The van der Waals surface area contributed by atoms with Gasteiger partial charge in [0.25, 0.3) is 5.91 Å². The highest BCUT2D eigenvalue weighted by molar-refractivity contribution is 5.97. The lowest BCUT2D eigenvalue weighted by Crippen LogP contribution is -2.18. The highest BCUT2D eigenvalue weighted by atomic mass is 16.5. The number of nitrogens with one attached hydrogen (secondary N) is 2. The summed E-state index contributed by atoms with van der Waals surface area (Å²) in [6.07, 6.45) is 1.45. The van der Waals surface area contributed by atoms with Crippen molar-refractivity contribution in [1.82, 2.24) is 5.43 Å². The lowest BCUT2D eigenvalue weighted by Gasteiger charge is -2.08. The number of rotatable bonds is 7. The molecule has 138 valence electrons. The Labute approximate surface area is 156 Å². The van der Waals surface area contributed by atoms with E-state index < -0.39 is 5.91 Å². The van der Waals surface area contributed by atoms with E-state index in [0.29, 0.717) is 28.3 Å². The van der Waals surface area contributed by atoms with Gasteiger partial charge < -0.3 is 14.8 Å². The van der Waals surface area contributed by atoms with Crippen molar-refractivity contribution in [2.45, 2.75) is 6.92 Å². The first-order valence-corrected chi connectivity index (χ1v) is 7.92. The molecule has 0 aliphatic heterocycles. The number of nitriles is 1. The fourth-order valence-corrected chi connectivity index (χ4v) is 2.17. The molecule has 0 saturated carbocycles. The van der Waals surface area contributed by atoms with E-state index in [0.717, 1.165) is 0 Å². The second-order valence-corrected chi connectivity index (χ2v) is 5.32. The van der Waals surface area contributed by atoms with Crippen molar-refractivity contribution in [3.05, 3.63) is 53.6 Å². The summed E-state index contributed by atoms with van der Waals surface area (Å²) in [6, 6.07) is 13.4. The van der Waals surface area contributed by atoms with Crippen molar-refractivity contribution >= 4 is 23.7 Å². The van der Waals surface area contributed by atoms with Crippen LogP contribution in [0.1, 0.15) is 22.8 Å². The standard InChI is InChI=1S/C19H18N4O4/c1-13(24)22-16-5-3-4-15(11-16)19(25)23-21-12-14-6-7-17(27-9-8-20)18(10-14)26-2/h3-7,10-12H,9H2,1-2H3,(H,22,24)(H,23,25). The number of carbonyl (C=O) groups is 2. The minimum absolute atomic E-state index is 0.0859. The minimum atomic E-state index is -0.417. The van der Waals surface area contributed by atoms with Crippen molar-refractivity contribution < 1.29 is 19.1 Å². The van der Waals surface area contributed by atoms with Gasteiger partial charge in [-0.1, -0.05) is 6.07 Å². The predicted octanol–water partition coefficient (Wildman–Crippen LogP) is 2.32. The average molecular weight is 366 g/mol. The highest BCUT2D eigenvalue weighted by Crippen LogP contribution is 2.27. The number of anilines is 1. The van der Waals surface area contributed by atoms with Gasteiger partial charge in [-0.25, -0.2) is 5.43 Å². The molecule has 8 heteroatoms. The number of benzene rings is 2. The Morgan fingerprint density at radius 2 is 2.04 bits per heavy atom. The Bertz CT molecular complexity index is 903. The van der Waals surface area contributed by atoms with Crippen LogP contribution in [0.3, 0.4) is 0 Å². The average Bonchev–Trinajstić information content (AvgIpc) is 2.66. The normalized spacial score (nSPS) is 10.1. The molecule has 0 aliphatic carbocycles. The predicted molar refractivity (Wildman–Crippen MR) is 99.9 cm³/mol. The van der Waals surface area contributed by atoms with Crippen LogP contribution in [0.4, 0.5) is 5.69 Å². The van der Waals surface area contributed by atoms with Crippen LogP contribution in [0, 0.1) is 11.3 Å². The van der Waals surface area contributed by atoms with Crippen molar-refractivity contribution in [2.24, 2.45) is 5.10 Å². The van der Waals surface area contributed by atoms with Gasteiger partial charge in [-0.2, -0.15) is 10.4 Å². The van der Waals surface area contributed by atoms with Gasteiger partial charge >= 0.3 is 0 Å². The molecule has 2 rings (SSSR count). The van der Waals surface area contributed by atoms with Crippen LogP contribution in [0.5, 0.6) is 11.5 Å². The molecule has 2 aromatic rings. The molecule has 2 aromatic carbocycles. The molecule has 0 radical (unpaired) electrons. The zero-order valence-electron chi connectivity index (χ0n) is 14.9. The van der Waals surface area contributed by atoms with Crippen molar-refractivity contribution in [3.63, 3.8) is 0 Å². The molecule has 0 aromatic heterocycles. The van der Waals surface area contributed by atoms with Crippen LogP contribution in [0.25, 0.3) is 0 Å². The number of carbonyl (C=O) groups excluding carboxylic acids is 2. The maximum atomic E-state index is 12.2. The second-order valence-electron chi connectivity index (χ2n) is 5.32. The third kappa shape index (κ3) is 5.86. The summed E-state index contributed by atoms with van der Waals surface area (Å²) < 4.78 is 10.4. The quantitative estimate of drug-likeness (QED) is 0.577. The molecule has 0 fully saturated rings. The summed E-state index contributed by atoms with van der Waals surface area (Å²) >= 11 is 0. The topological polar surface area (TPSA) is 113 Å². The van der Waals surface area contributed by atoms with Gasteiger partial charge in [0.15, 0.2) is 18.1 Å². The smallest absolute Gasteiger partial charge is 0.271 e. The Kier molecular flexibility index (Phi) is 6.91. The third-order valence-electron chi connectivity index (χ3n) is 3.30. The molecule has 2 amide bonds. The lowest BCUT2D eigenvalue weighted by atomic mass is 10.2. The lowest BCUT2D eigenvalue weighted by molar-refractivity contribution is -0.114. The van der Waals surface area contributed by atoms with Crippen LogP contribution in [0.2, 0.25) is 0 Å². The van der Waals surface area contributed by atoms with E-state index in [1.807, 2.05) is 6.07 Å². The first-order valence-electron chi connectivity index (χ1n) is 7.92. The van der Waals surface area contributed by atoms with E-state index in [2.05, 4.69) is 15.8 Å². The molecule has 27 heavy (non-hydrogen) atoms. The maximum Gasteiger partial charge on any atom is 0.271 e. The largest absolute Gasteiger partial charge is 0.493 e. The van der Waals surface area contributed by atoms with E-state index >= 15 is 0 Å². The first-order chi connectivity index (χ1) is 13.0. The SMILES string of the molecule is COc1cc(C=NNC(=O)c2cccc(NC(C)=O)c2)ccc1OCC#N. The summed E-state index contributed by atoms with van der Waals surface area (Å²) in [6.45, 7) is 1.30. The fraction of sp³-hybridized carbons (Fsp3) is 0.158. The Morgan fingerprint density at radius 1 is 1.22 bits per heavy atom. The fourth-order valence-electron chi connectivity index (χ4n) is 2.17. The van der Waals surface area contributed by atoms with Crippen molar-refractivity contribution in [1.29, 1.82) is 5.26 Å². The molecule has 0 saturated heterocycles. The van der Waals surface area contributed by atoms with Gasteiger partial charge in [0.05, 0.1) is 13.3 Å². The third-order valence-corrected chi connectivity index (χ3v) is 3.30. The molecule has 0 unspecified atom stereocenters. The summed E-state index contributed by atoms with van der Waals surface area (Å²) in [5.74, 6) is 0.250. The monoisotopic (exact) mass is 366 g/mol. The van der Waals surface area contributed by atoms with Gasteiger partial charge in [0.1, 0.15) is 6.07 Å². The van der Waals surface area contributed by atoms with Crippen LogP contribution in [-0.4, -0.2) is 31.7 Å². The number of methoxy groups -OCH3 is 1. The molecular weight excluding hydrogens is 348 g/mol. The van der Waals surface area contributed by atoms with Crippen molar-refractivity contribution in [2.75, 3.05) is 19.0 Å². The van der Waals surface area contributed by atoms with Crippen LogP contribution in [-0.2, 0) is 4.79 Å². The van der Waals surface area contributed by atoms with Crippen LogP contribution in [0.15, 0.2) is 47.6 Å². The molecular formula is C19H18N4O4. The summed E-state index contributed by atoms with van der Waals surface area (Å²) in [7, 11) is 1.49. The van der Waals surface area contributed by atoms with Crippen LogP contribution < -0.4 is 20.2 Å². The minimum Gasteiger partial charge on any atom is -0.493 e. The molecule has 0 aliphatic rings. The van der Waals surface area contributed by atoms with E-state index in [1.165, 1.54) is 20.2 Å². The molecule has 0 spiro atoms. The van der Waals surface area contributed by atoms with Gasteiger partial charge in [0.2, 0.25) is 5.91 Å². The van der Waals surface area contributed by atoms with E-state index in [9.17, 15) is 9.59 Å². The van der Waals surface area contributed by atoms with E-state index in [1.54, 1.807) is 42.5 Å². The van der Waals surface area contributed by atoms with Gasteiger partial charge in [-0.15, -0.1) is 0 Å². The Balaban J connectivity index is 2.03. The van der Waals surface area contributed by atoms with Gasteiger partial charge in [0, 0.05) is 18.2 Å². The number of hydrazone groups is 1. The summed E-state index contributed by atoms with van der Waals surface area (Å²) in [5, 5.41) is 15.1. The second kappa shape index (κ2) is 9.58. The molecule has 0 atom stereocenters. The first kappa shape index (κ1) is 19.5. The van der Waals surface area contributed by atoms with Crippen molar-refractivity contribution in [3.8, 4) is 17.6 Å².